The molecule has 2 bridgehead atoms. The molecule has 0 spiro atoms. The SMILES string of the molecule is O=C(Nc1ccc(-c2ccccc2)c(Cl)c1)C1=C(c2ccn[nH]2)C2CCC1O2. The predicted octanol–water partition coefficient (Wildman–Crippen LogP) is 4.68. The van der Waals surface area contributed by atoms with E-state index >= 15 is 0 Å². The Bertz CT molecular complexity index is 1060. The molecule has 0 aliphatic carbocycles. The van der Waals surface area contributed by atoms with Crippen LogP contribution in [0.15, 0.2) is 66.4 Å². The number of aromatic nitrogens is 2. The van der Waals surface area contributed by atoms with Crippen molar-refractivity contribution >= 4 is 28.8 Å². The van der Waals surface area contributed by atoms with Crippen LogP contribution in [-0.4, -0.2) is 28.3 Å². The van der Waals surface area contributed by atoms with Gasteiger partial charge in [0.1, 0.15) is 0 Å². The summed E-state index contributed by atoms with van der Waals surface area (Å²) in [5.74, 6) is -0.152. The van der Waals surface area contributed by atoms with Gasteiger partial charge in [-0.2, -0.15) is 5.10 Å². The molecule has 28 heavy (non-hydrogen) atoms. The zero-order valence-corrected chi connectivity index (χ0v) is 15.7. The standard InChI is InChI=1S/C22H18ClN3O2/c23-16-12-14(6-7-15(16)13-4-2-1-3-5-13)25-22(27)21-19-9-8-18(28-19)20(21)17-10-11-24-26-17/h1-7,10-12,18-19H,8-9H2,(H,24,26)(H,25,27). The van der Waals surface area contributed by atoms with E-state index in [-0.39, 0.29) is 18.1 Å². The maximum absolute atomic E-state index is 13.1. The number of anilines is 1. The second-order valence-electron chi connectivity index (χ2n) is 7.00. The van der Waals surface area contributed by atoms with E-state index in [1.807, 2.05) is 48.5 Å². The molecule has 3 heterocycles. The first-order valence-electron chi connectivity index (χ1n) is 9.26. The van der Waals surface area contributed by atoms with E-state index in [4.69, 9.17) is 16.3 Å². The number of carbonyl (C=O) groups is 1. The van der Waals surface area contributed by atoms with Crippen LogP contribution in [0.3, 0.4) is 0 Å². The van der Waals surface area contributed by atoms with Crippen LogP contribution >= 0.6 is 11.6 Å². The number of hydrogen-bond acceptors (Lipinski definition) is 3. The number of H-pyrrole nitrogens is 1. The van der Waals surface area contributed by atoms with Crippen molar-refractivity contribution in [2.45, 2.75) is 25.0 Å². The maximum Gasteiger partial charge on any atom is 0.254 e. The zero-order valence-electron chi connectivity index (χ0n) is 15.0. The van der Waals surface area contributed by atoms with Gasteiger partial charge in [0.05, 0.1) is 28.5 Å². The zero-order chi connectivity index (χ0) is 19.1. The van der Waals surface area contributed by atoms with E-state index in [0.29, 0.717) is 16.3 Å². The summed E-state index contributed by atoms with van der Waals surface area (Å²) in [6.45, 7) is 0. The molecule has 2 aromatic carbocycles. The molecular formula is C22H18ClN3O2. The molecule has 140 valence electrons. The van der Waals surface area contributed by atoms with Gasteiger partial charge in [-0.05, 0) is 36.6 Å². The topological polar surface area (TPSA) is 67.0 Å². The lowest BCUT2D eigenvalue weighted by Crippen LogP contribution is -2.23. The molecule has 2 aliphatic rings. The molecule has 1 saturated heterocycles. The van der Waals surface area contributed by atoms with E-state index in [2.05, 4.69) is 15.5 Å². The summed E-state index contributed by atoms with van der Waals surface area (Å²) in [6.07, 6.45) is 3.26. The lowest BCUT2D eigenvalue weighted by molar-refractivity contribution is -0.113. The number of amides is 1. The van der Waals surface area contributed by atoms with Gasteiger partial charge in [0, 0.05) is 23.0 Å². The van der Waals surface area contributed by atoms with Crippen LogP contribution < -0.4 is 5.32 Å². The minimum absolute atomic E-state index is 0.0461. The first kappa shape index (κ1) is 17.2. The van der Waals surface area contributed by atoms with Crippen LogP contribution in [-0.2, 0) is 9.53 Å². The van der Waals surface area contributed by atoms with Crippen LogP contribution in [0.4, 0.5) is 5.69 Å². The Kier molecular flexibility index (Phi) is 4.26. The number of ether oxygens (including phenoxy) is 1. The number of nitrogens with one attached hydrogen (secondary N) is 2. The minimum Gasteiger partial charge on any atom is -0.365 e. The third-order valence-corrected chi connectivity index (χ3v) is 5.61. The largest absolute Gasteiger partial charge is 0.365 e. The van der Waals surface area contributed by atoms with Gasteiger partial charge in [0.2, 0.25) is 0 Å². The number of rotatable bonds is 4. The normalized spacial score (nSPS) is 20.6. The molecule has 2 N–H and O–H groups in total. The highest BCUT2D eigenvalue weighted by Crippen LogP contribution is 2.44. The van der Waals surface area contributed by atoms with Crippen LogP contribution in [0.1, 0.15) is 18.5 Å². The van der Waals surface area contributed by atoms with Gasteiger partial charge < -0.3 is 10.1 Å². The molecular weight excluding hydrogens is 374 g/mol. The fourth-order valence-electron chi connectivity index (χ4n) is 4.04. The number of fused-ring (bicyclic) bond motifs is 2. The van der Waals surface area contributed by atoms with E-state index in [0.717, 1.165) is 35.2 Å². The average Bonchev–Trinajstić information content (AvgIpc) is 3.45. The van der Waals surface area contributed by atoms with Crippen molar-refractivity contribution in [1.29, 1.82) is 0 Å². The molecule has 3 aromatic rings. The Hall–Kier alpha value is -2.89. The molecule has 0 saturated carbocycles. The number of halogens is 1. The average molecular weight is 392 g/mol. The first-order chi connectivity index (χ1) is 13.7. The van der Waals surface area contributed by atoms with Crippen LogP contribution in [0.2, 0.25) is 5.02 Å². The summed E-state index contributed by atoms with van der Waals surface area (Å²) in [5, 5.41) is 10.6. The molecule has 1 aromatic heterocycles. The van der Waals surface area contributed by atoms with E-state index < -0.39 is 0 Å². The summed E-state index contributed by atoms with van der Waals surface area (Å²) in [5.41, 5.74) is 5.07. The highest BCUT2D eigenvalue weighted by molar-refractivity contribution is 6.33. The summed E-state index contributed by atoms with van der Waals surface area (Å²) in [7, 11) is 0. The predicted molar refractivity (Wildman–Crippen MR) is 109 cm³/mol. The molecule has 2 unspecified atom stereocenters. The third kappa shape index (κ3) is 2.93. The number of nitrogens with zero attached hydrogens (tertiary/aromatic N) is 1. The number of hydrogen-bond donors (Lipinski definition) is 2. The Morgan fingerprint density at radius 1 is 1.11 bits per heavy atom. The smallest absolute Gasteiger partial charge is 0.254 e. The molecule has 2 aliphatic heterocycles. The van der Waals surface area contributed by atoms with Crippen LogP contribution in [0.25, 0.3) is 16.7 Å². The number of aromatic amines is 1. The van der Waals surface area contributed by atoms with Crippen LogP contribution in [0.5, 0.6) is 0 Å². The van der Waals surface area contributed by atoms with Gasteiger partial charge in [0.15, 0.2) is 0 Å². The molecule has 2 atom stereocenters. The van der Waals surface area contributed by atoms with Gasteiger partial charge in [-0.3, -0.25) is 9.89 Å². The van der Waals surface area contributed by atoms with Gasteiger partial charge in [-0.1, -0.05) is 48.0 Å². The Labute approximate surface area is 167 Å². The summed E-state index contributed by atoms with van der Waals surface area (Å²) in [6, 6.07) is 17.4. The number of carbonyl (C=O) groups excluding carboxylic acids is 1. The second kappa shape index (κ2) is 6.93. The second-order valence-corrected chi connectivity index (χ2v) is 7.41. The van der Waals surface area contributed by atoms with Gasteiger partial charge in [0.25, 0.3) is 5.91 Å². The van der Waals surface area contributed by atoms with Crippen molar-refractivity contribution in [3.8, 4) is 11.1 Å². The fourth-order valence-corrected chi connectivity index (χ4v) is 4.33. The molecule has 6 heteroatoms. The maximum atomic E-state index is 13.1. The van der Waals surface area contributed by atoms with Crippen LogP contribution in [0, 0.1) is 0 Å². The van der Waals surface area contributed by atoms with Crippen molar-refractivity contribution in [3.63, 3.8) is 0 Å². The quantitative estimate of drug-likeness (QED) is 0.678. The first-order valence-corrected chi connectivity index (χ1v) is 9.64. The third-order valence-electron chi connectivity index (χ3n) is 5.30. The van der Waals surface area contributed by atoms with E-state index in [9.17, 15) is 4.79 Å². The Morgan fingerprint density at radius 3 is 2.68 bits per heavy atom. The molecule has 0 radical (unpaired) electrons. The van der Waals surface area contributed by atoms with E-state index in [1.54, 1.807) is 12.3 Å². The lowest BCUT2D eigenvalue weighted by Gasteiger charge is -2.16. The highest BCUT2D eigenvalue weighted by Gasteiger charge is 2.44. The monoisotopic (exact) mass is 391 g/mol. The molecule has 1 amide bonds. The summed E-state index contributed by atoms with van der Waals surface area (Å²) >= 11 is 6.48. The van der Waals surface area contributed by atoms with Crippen molar-refractivity contribution in [2.75, 3.05) is 5.32 Å². The minimum atomic E-state index is -0.164. The van der Waals surface area contributed by atoms with E-state index in [1.165, 1.54) is 0 Å². The number of benzene rings is 2. The highest BCUT2D eigenvalue weighted by atomic mass is 35.5. The van der Waals surface area contributed by atoms with Gasteiger partial charge in [-0.15, -0.1) is 0 Å². The fraction of sp³-hybridized carbons (Fsp3) is 0.182. The van der Waals surface area contributed by atoms with Crippen molar-refractivity contribution < 1.29 is 9.53 Å². The molecule has 1 fully saturated rings. The van der Waals surface area contributed by atoms with Gasteiger partial charge >= 0.3 is 0 Å². The van der Waals surface area contributed by atoms with Crippen molar-refractivity contribution in [2.24, 2.45) is 0 Å². The molecule has 5 nitrogen and oxygen atoms in total. The van der Waals surface area contributed by atoms with Crippen molar-refractivity contribution in [1.82, 2.24) is 10.2 Å². The molecule has 5 rings (SSSR count). The van der Waals surface area contributed by atoms with Crippen molar-refractivity contribution in [3.05, 3.63) is 77.1 Å². The van der Waals surface area contributed by atoms with Gasteiger partial charge in [-0.25, -0.2) is 0 Å². The Balaban J connectivity index is 1.43. The summed E-state index contributed by atoms with van der Waals surface area (Å²) in [4.78, 5) is 13.1. The summed E-state index contributed by atoms with van der Waals surface area (Å²) < 4.78 is 5.97. The Morgan fingerprint density at radius 2 is 1.93 bits per heavy atom. The lowest BCUT2D eigenvalue weighted by atomic mass is 9.89.